The maximum Gasteiger partial charge on any atom is 0.258 e. The van der Waals surface area contributed by atoms with Crippen LogP contribution >= 0.6 is 11.6 Å². The van der Waals surface area contributed by atoms with E-state index in [1.165, 1.54) is 22.5 Å². The Balaban J connectivity index is 1.60. The summed E-state index contributed by atoms with van der Waals surface area (Å²) in [6.45, 7) is 2.73. The predicted octanol–water partition coefficient (Wildman–Crippen LogP) is 3.77. The fraction of sp³-hybridized carbons (Fsp3) is 0.381. The number of carbonyl (C=O) groups excluding carboxylic acids is 1. The summed E-state index contributed by atoms with van der Waals surface area (Å²) in [5.74, 6) is -0.0193. The van der Waals surface area contributed by atoms with Gasteiger partial charge in [-0.1, -0.05) is 48.4 Å². The van der Waals surface area contributed by atoms with E-state index in [0.717, 1.165) is 24.8 Å². The molecule has 2 aromatic carbocycles. The zero-order valence-corrected chi connectivity index (χ0v) is 17.9. The lowest BCUT2D eigenvalue weighted by Crippen LogP contribution is -2.35. The van der Waals surface area contributed by atoms with Crippen LogP contribution in [0.15, 0.2) is 53.4 Å². The highest BCUT2D eigenvalue weighted by Crippen LogP contribution is 2.29. The van der Waals surface area contributed by atoms with Crippen molar-refractivity contribution < 1.29 is 17.9 Å². The number of sulfonamides is 1. The predicted molar refractivity (Wildman–Crippen MR) is 113 cm³/mol. The van der Waals surface area contributed by atoms with Crippen LogP contribution in [0.3, 0.4) is 0 Å². The molecule has 1 aliphatic rings. The molecule has 0 radical (unpaired) electrons. The number of halogens is 1. The van der Waals surface area contributed by atoms with Gasteiger partial charge in [0.15, 0.2) is 6.61 Å². The van der Waals surface area contributed by atoms with E-state index >= 15 is 0 Å². The lowest BCUT2D eigenvalue weighted by molar-refractivity contribution is -0.123. The van der Waals surface area contributed by atoms with Gasteiger partial charge in [-0.2, -0.15) is 4.31 Å². The van der Waals surface area contributed by atoms with Crippen LogP contribution in [0.4, 0.5) is 0 Å². The third-order valence-corrected chi connectivity index (χ3v) is 7.08. The molecule has 1 fully saturated rings. The van der Waals surface area contributed by atoms with Crippen molar-refractivity contribution in [1.29, 1.82) is 0 Å². The zero-order chi connectivity index (χ0) is 20.9. The Morgan fingerprint density at radius 2 is 1.83 bits per heavy atom. The quantitative estimate of drug-likeness (QED) is 0.716. The van der Waals surface area contributed by atoms with Crippen LogP contribution in [-0.4, -0.2) is 38.3 Å². The van der Waals surface area contributed by atoms with Crippen LogP contribution in [0.1, 0.15) is 37.8 Å². The molecule has 1 heterocycles. The van der Waals surface area contributed by atoms with Crippen LogP contribution in [0.25, 0.3) is 0 Å². The molecule has 0 aliphatic carbocycles. The SMILES string of the molecule is C[C@H](NC(=O)COc1ccc(S(=O)(=O)N2CCCCC2)cc1Cl)c1ccccc1. The minimum atomic E-state index is -3.57. The Bertz CT molecular complexity index is 944. The standard InChI is InChI=1S/C21H25ClN2O4S/c1-16(17-8-4-2-5-9-17)23-21(25)15-28-20-11-10-18(14-19(20)22)29(26,27)24-12-6-3-7-13-24/h2,4-5,8-11,14,16H,3,6-7,12-13,15H2,1H3,(H,23,25)/t16-/m0/s1. The number of carbonyl (C=O) groups is 1. The number of rotatable bonds is 7. The highest BCUT2D eigenvalue weighted by Gasteiger charge is 2.26. The Kier molecular flexibility index (Phi) is 7.16. The summed E-state index contributed by atoms with van der Waals surface area (Å²) in [5.41, 5.74) is 0.992. The van der Waals surface area contributed by atoms with E-state index in [9.17, 15) is 13.2 Å². The first-order chi connectivity index (χ1) is 13.9. The molecule has 0 saturated carbocycles. The van der Waals surface area contributed by atoms with Gasteiger partial charge >= 0.3 is 0 Å². The molecule has 0 spiro atoms. The Labute approximate surface area is 176 Å². The van der Waals surface area contributed by atoms with E-state index in [-0.39, 0.29) is 34.2 Å². The number of nitrogens with zero attached hydrogens (tertiary/aromatic N) is 1. The first kappa shape index (κ1) is 21.6. The molecule has 8 heteroatoms. The molecular formula is C21H25ClN2O4S. The molecule has 2 aromatic rings. The first-order valence-corrected chi connectivity index (χ1v) is 11.5. The van der Waals surface area contributed by atoms with Crippen molar-refractivity contribution in [2.45, 2.75) is 37.1 Å². The minimum absolute atomic E-state index is 0.138. The third-order valence-electron chi connectivity index (χ3n) is 4.89. The Morgan fingerprint density at radius 1 is 1.14 bits per heavy atom. The zero-order valence-electron chi connectivity index (χ0n) is 16.3. The van der Waals surface area contributed by atoms with Gasteiger partial charge in [-0.25, -0.2) is 8.42 Å². The Hall–Kier alpha value is -2.09. The molecular weight excluding hydrogens is 412 g/mol. The summed E-state index contributed by atoms with van der Waals surface area (Å²) in [6.07, 6.45) is 2.78. The van der Waals surface area contributed by atoms with E-state index in [2.05, 4.69) is 5.32 Å². The molecule has 3 rings (SSSR count). The number of amides is 1. The molecule has 0 unspecified atom stereocenters. The highest BCUT2D eigenvalue weighted by atomic mass is 35.5. The van der Waals surface area contributed by atoms with Crippen LogP contribution in [0, 0.1) is 0 Å². The van der Waals surface area contributed by atoms with E-state index in [0.29, 0.717) is 13.1 Å². The summed E-state index contributed by atoms with van der Waals surface area (Å²) >= 11 is 6.22. The van der Waals surface area contributed by atoms with Crippen molar-refractivity contribution in [2.24, 2.45) is 0 Å². The van der Waals surface area contributed by atoms with Gasteiger partial charge in [0, 0.05) is 13.1 Å². The minimum Gasteiger partial charge on any atom is -0.482 e. The molecule has 0 bridgehead atoms. The fourth-order valence-corrected chi connectivity index (χ4v) is 5.11. The summed E-state index contributed by atoms with van der Waals surface area (Å²) in [4.78, 5) is 12.3. The summed E-state index contributed by atoms with van der Waals surface area (Å²) < 4.78 is 32.5. The van der Waals surface area contributed by atoms with Crippen molar-refractivity contribution >= 4 is 27.5 Å². The monoisotopic (exact) mass is 436 g/mol. The number of ether oxygens (including phenoxy) is 1. The van der Waals surface area contributed by atoms with Gasteiger partial charge in [-0.15, -0.1) is 0 Å². The van der Waals surface area contributed by atoms with E-state index < -0.39 is 10.0 Å². The molecule has 0 aromatic heterocycles. The van der Waals surface area contributed by atoms with E-state index in [4.69, 9.17) is 16.3 Å². The van der Waals surface area contributed by atoms with Crippen LogP contribution in [0.5, 0.6) is 5.75 Å². The Morgan fingerprint density at radius 3 is 2.48 bits per heavy atom. The van der Waals surface area contributed by atoms with Crippen LogP contribution < -0.4 is 10.1 Å². The normalized spacial score (nSPS) is 16.2. The molecule has 1 aliphatic heterocycles. The summed E-state index contributed by atoms with van der Waals surface area (Å²) in [6, 6.07) is 13.8. The highest BCUT2D eigenvalue weighted by molar-refractivity contribution is 7.89. The smallest absolute Gasteiger partial charge is 0.258 e. The largest absolute Gasteiger partial charge is 0.482 e. The average Bonchev–Trinajstić information content (AvgIpc) is 2.74. The number of hydrogen-bond acceptors (Lipinski definition) is 4. The number of piperidine rings is 1. The molecule has 1 atom stereocenters. The summed E-state index contributed by atoms with van der Waals surface area (Å²) in [7, 11) is -3.57. The molecule has 1 amide bonds. The van der Waals surface area contributed by atoms with E-state index in [1.54, 1.807) is 0 Å². The van der Waals surface area contributed by atoms with Gasteiger partial charge in [0.05, 0.1) is 16.0 Å². The number of benzene rings is 2. The lowest BCUT2D eigenvalue weighted by atomic mass is 10.1. The van der Waals surface area contributed by atoms with Crippen LogP contribution in [0.2, 0.25) is 5.02 Å². The molecule has 156 valence electrons. The van der Waals surface area contributed by atoms with Gasteiger partial charge in [-0.05, 0) is 43.5 Å². The van der Waals surface area contributed by atoms with Gasteiger partial charge < -0.3 is 10.1 Å². The van der Waals surface area contributed by atoms with Crippen LogP contribution in [-0.2, 0) is 14.8 Å². The van der Waals surface area contributed by atoms with Gasteiger partial charge in [0.2, 0.25) is 10.0 Å². The maximum absolute atomic E-state index is 12.7. The van der Waals surface area contributed by atoms with E-state index in [1.807, 2.05) is 37.3 Å². The second kappa shape index (κ2) is 9.61. The molecule has 29 heavy (non-hydrogen) atoms. The molecule has 1 saturated heterocycles. The second-order valence-electron chi connectivity index (χ2n) is 7.05. The van der Waals surface area contributed by atoms with Gasteiger partial charge in [0.25, 0.3) is 5.91 Å². The van der Waals surface area contributed by atoms with Crippen molar-refractivity contribution in [3.8, 4) is 5.75 Å². The van der Waals surface area contributed by atoms with Crippen molar-refractivity contribution in [3.05, 3.63) is 59.1 Å². The molecule has 1 N–H and O–H groups in total. The van der Waals surface area contributed by atoms with Gasteiger partial charge in [-0.3, -0.25) is 4.79 Å². The second-order valence-corrected chi connectivity index (χ2v) is 9.39. The van der Waals surface area contributed by atoms with Gasteiger partial charge in [0.1, 0.15) is 5.75 Å². The molecule has 6 nitrogen and oxygen atoms in total. The van der Waals surface area contributed by atoms with Crippen molar-refractivity contribution in [1.82, 2.24) is 9.62 Å². The lowest BCUT2D eigenvalue weighted by Gasteiger charge is -2.26. The first-order valence-electron chi connectivity index (χ1n) is 9.65. The average molecular weight is 437 g/mol. The number of nitrogens with one attached hydrogen (secondary N) is 1. The topological polar surface area (TPSA) is 75.7 Å². The van der Waals surface area contributed by atoms with Crippen molar-refractivity contribution in [3.63, 3.8) is 0 Å². The fourth-order valence-electron chi connectivity index (χ4n) is 3.26. The summed E-state index contributed by atoms with van der Waals surface area (Å²) in [5, 5.41) is 3.01. The number of hydrogen-bond donors (Lipinski definition) is 1. The third kappa shape index (κ3) is 5.50. The van der Waals surface area contributed by atoms with Crippen molar-refractivity contribution in [2.75, 3.05) is 19.7 Å². The maximum atomic E-state index is 12.7.